The average molecular weight is 374 g/mol. The molecule has 1 N–H and O–H groups in total. The highest BCUT2D eigenvalue weighted by molar-refractivity contribution is 5.61. The van der Waals surface area contributed by atoms with Crippen LogP contribution in [0.3, 0.4) is 0 Å². The van der Waals surface area contributed by atoms with Crippen LogP contribution in [-0.2, 0) is 0 Å². The minimum Gasteiger partial charge on any atom is -0.497 e. The number of anilines is 2. The third kappa shape index (κ3) is 3.49. The van der Waals surface area contributed by atoms with E-state index in [9.17, 15) is 0 Å². The number of hydrogen-bond acceptors (Lipinski definition) is 5. The molecule has 4 aromatic rings. The number of fused-ring (bicyclic) bond motifs is 1. The zero-order valence-corrected chi connectivity index (χ0v) is 16.4. The van der Waals surface area contributed by atoms with Crippen LogP contribution in [0.15, 0.2) is 54.7 Å². The monoisotopic (exact) mass is 374 g/mol. The Balaban J connectivity index is 1.71. The van der Waals surface area contributed by atoms with Crippen molar-refractivity contribution in [2.75, 3.05) is 12.4 Å². The quantitative estimate of drug-likeness (QED) is 0.520. The second kappa shape index (κ2) is 7.23. The summed E-state index contributed by atoms with van der Waals surface area (Å²) < 4.78 is 13.2. The maximum atomic E-state index is 6.28. The van der Waals surface area contributed by atoms with Crippen molar-refractivity contribution in [1.29, 1.82) is 0 Å². The molecule has 0 saturated carbocycles. The molecule has 0 saturated heterocycles. The molecule has 2 heterocycles. The first-order valence-corrected chi connectivity index (χ1v) is 9.05. The Morgan fingerprint density at radius 1 is 0.929 bits per heavy atom. The van der Waals surface area contributed by atoms with Gasteiger partial charge in [0, 0.05) is 17.8 Å². The Morgan fingerprint density at radius 3 is 2.32 bits per heavy atom. The molecule has 142 valence electrons. The van der Waals surface area contributed by atoms with Crippen LogP contribution in [0.1, 0.15) is 16.7 Å². The highest BCUT2D eigenvalue weighted by Gasteiger charge is 2.12. The highest BCUT2D eigenvalue weighted by Crippen LogP contribution is 2.31. The average Bonchev–Trinajstić information content (AvgIpc) is 3.14. The minimum atomic E-state index is 0.598. The molecule has 0 radical (unpaired) electrons. The van der Waals surface area contributed by atoms with Crippen molar-refractivity contribution < 1.29 is 9.47 Å². The third-order valence-corrected chi connectivity index (χ3v) is 4.50. The topological polar surface area (TPSA) is 60.7 Å². The van der Waals surface area contributed by atoms with Gasteiger partial charge < -0.3 is 14.8 Å². The Kier molecular flexibility index (Phi) is 4.61. The molecule has 4 rings (SSSR count). The molecule has 0 bridgehead atoms. The van der Waals surface area contributed by atoms with Gasteiger partial charge in [-0.05, 0) is 56.2 Å². The largest absolute Gasteiger partial charge is 0.497 e. The van der Waals surface area contributed by atoms with E-state index in [0.29, 0.717) is 17.3 Å². The second-order valence-electron chi connectivity index (χ2n) is 6.76. The molecule has 0 aliphatic carbocycles. The standard InChI is InChI=1S/C22H22N4O2/c1-14-11-15(2)22(16(3)12-14)28-21-13-19(25-20-9-10-23-26(20)21)24-17-5-7-18(27-4)8-6-17/h5-13H,1-4H3,(H,24,25). The number of aryl methyl sites for hydroxylation is 3. The third-order valence-electron chi connectivity index (χ3n) is 4.50. The number of hydrogen-bond donors (Lipinski definition) is 1. The van der Waals surface area contributed by atoms with Crippen LogP contribution in [0, 0.1) is 20.8 Å². The lowest BCUT2D eigenvalue weighted by Crippen LogP contribution is -2.02. The lowest BCUT2D eigenvalue weighted by Gasteiger charge is -2.15. The van der Waals surface area contributed by atoms with Crippen LogP contribution >= 0.6 is 0 Å². The van der Waals surface area contributed by atoms with Crippen LogP contribution in [-0.4, -0.2) is 21.7 Å². The SMILES string of the molecule is COc1ccc(Nc2cc(Oc3c(C)cc(C)cc3C)n3nccc3n2)cc1. The first kappa shape index (κ1) is 17.9. The van der Waals surface area contributed by atoms with E-state index in [4.69, 9.17) is 9.47 Å². The molecule has 0 aliphatic rings. The Morgan fingerprint density at radius 2 is 1.64 bits per heavy atom. The summed E-state index contributed by atoms with van der Waals surface area (Å²) in [5.41, 5.74) is 4.99. The van der Waals surface area contributed by atoms with E-state index in [1.807, 2.05) is 50.2 Å². The number of benzene rings is 2. The summed E-state index contributed by atoms with van der Waals surface area (Å²) >= 11 is 0. The molecule has 0 unspecified atom stereocenters. The molecular formula is C22H22N4O2. The number of ether oxygens (including phenoxy) is 2. The molecule has 2 aromatic heterocycles. The molecule has 6 nitrogen and oxygen atoms in total. The van der Waals surface area contributed by atoms with Crippen molar-refractivity contribution in [3.63, 3.8) is 0 Å². The van der Waals surface area contributed by atoms with Crippen molar-refractivity contribution in [2.24, 2.45) is 0 Å². The normalized spacial score (nSPS) is 10.9. The molecule has 0 aliphatic heterocycles. The van der Waals surface area contributed by atoms with Crippen molar-refractivity contribution in [3.05, 3.63) is 71.4 Å². The Hall–Kier alpha value is -3.54. The molecule has 2 aromatic carbocycles. The van der Waals surface area contributed by atoms with Gasteiger partial charge in [-0.3, -0.25) is 0 Å². The predicted octanol–water partition coefficient (Wildman–Crippen LogP) is 5.20. The molecular weight excluding hydrogens is 352 g/mol. The summed E-state index contributed by atoms with van der Waals surface area (Å²) in [7, 11) is 1.65. The summed E-state index contributed by atoms with van der Waals surface area (Å²) in [6.07, 6.45) is 1.71. The van der Waals surface area contributed by atoms with E-state index < -0.39 is 0 Å². The Labute approximate surface area is 163 Å². The van der Waals surface area contributed by atoms with Gasteiger partial charge in [-0.1, -0.05) is 17.7 Å². The van der Waals surface area contributed by atoms with Gasteiger partial charge in [-0.15, -0.1) is 0 Å². The highest BCUT2D eigenvalue weighted by atomic mass is 16.5. The number of rotatable bonds is 5. The predicted molar refractivity (Wildman–Crippen MR) is 110 cm³/mol. The zero-order valence-electron chi connectivity index (χ0n) is 16.4. The summed E-state index contributed by atoms with van der Waals surface area (Å²) in [6.45, 7) is 6.18. The number of nitrogens with zero attached hydrogens (tertiary/aromatic N) is 3. The van der Waals surface area contributed by atoms with Gasteiger partial charge in [0.05, 0.1) is 13.3 Å². The van der Waals surface area contributed by atoms with E-state index in [1.165, 1.54) is 5.56 Å². The van der Waals surface area contributed by atoms with Crippen molar-refractivity contribution in [1.82, 2.24) is 14.6 Å². The minimum absolute atomic E-state index is 0.598. The molecule has 0 fully saturated rings. The Bertz CT molecular complexity index is 1110. The van der Waals surface area contributed by atoms with Crippen molar-refractivity contribution >= 4 is 17.2 Å². The lowest BCUT2D eigenvalue weighted by molar-refractivity contribution is 0.415. The fourth-order valence-electron chi connectivity index (χ4n) is 3.28. The number of nitrogens with one attached hydrogen (secondary N) is 1. The molecule has 0 spiro atoms. The summed E-state index contributed by atoms with van der Waals surface area (Å²) in [5, 5.41) is 7.66. The van der Waals surface area contributed by atoms with E-state index >= 15 is 0 Å². The fourth-order valence-corrected chi connectivity index (χ4v) is 3.28. The van der Waals surface area contributed by atoms with Crippen LogP contribution in [0.4, 0.5) is 11.5 Å². The van der Waals surface area contributed by atoms with E-state index in [1.54, 1.807) is 17.8 Å². The van der Waals surface area contributed by atoms with Gasteiger partial charge >= 0.3 is 0 Å². The lowest BCUT2D eigenvalue weighted by atomic mass is 10.1. The van der Waals surface area contributed by atoms with Gasteiger partial charge in [-0.25, -0.2) is 4.98 Å². The van der Waals surface area contributed by atoms with Gasteiger partial charge in [-0.2, -0.15) is 9.61 Å². The zero-order chi connectivity index (χ0) is 19.7. The maximum absolute atomic E-state index is 6.28. The van der Waals surface area contributed by atoms with E-state index in [2.05, 4.69) is 34.5 Å². The molecule has 0 atom stereocenters. The van der Waals surface area contributed by atoms with E-state index in [-0.39, 0.29) is 0 Å². The molecule has 0 amide bonds. The summed E-state index contributed by atoms with van der Waals surface area (Å²) in [6, 6.07) is 15.6. The van der Waals surface area contributed by atoms with E-state index in [0.717, 1.165) is 28.3 Å². The second-order valence-corrected chi connectivity index (χ2v) is 6.76. The molecule has 28 heavy (non-hydrogen) atoms. The van der Waals surface area contributed by atoms with Crippen LogP contribution in [0.25, 0.3) is 5.65 Å². The summed E-state index contributed by atoms with van der Waals surface area (Å²) in [5.74, 6) is 2.92. The van der Waals surface area contributed by atoms with Crippen molar-refractivity contribution in [3.8, 4) is 17.4 Å². The van der Waals surface area contributed by atoms with Crippen LogP contribution in [0.2, 0.25) is 0 Å². The van der Waals surface area contributed by atoms with Crippen LogP contribution in [0.5, 0.6) is 17.4 Å². The van der Waals surface area contributed by atoms with Gasteiger partial charge in [0.1, 0.15) is 17.3 Å². The van der Waals surface area contributed by atoms with Crippen molar-refractivity contribution in [2.45, 2.75) is 20.8 Å². The number of methoxy groups -OCH3 is 1. The summed E-state index contributed by atoms with van der Waals surface area (Å²) in [4.78, 5) is 4.61. The maximum Gasteiger partial charge on any atom is 0.226 e. The first-order valence-electron chi connectivity index (χ1n) is 9.05. The van der Waals surface area contributed by atoms with Gasteiger partial charge in [0.2, 0.25) is 5.88 Å². The van der Waals surface area contributed by atoms with Gasteiger partial charge in [0.15, 0.2) is 5.65 Å². The smallest absolute Gasteiger partial charge is 0.226 e. The van der Waals surface area contributed by atoms with Gasteiger partial charge in [0.25, 0.3) is 0 Å². The first-order chi connectivity index (χ1) is 13.5. The van der Waals surface area contributed by atoms with Crippen LogP contribution < -0.4 is 14.8 Å². The number of aromatic nitrogens is 3. The molecule has 6 heteroatoms. The fraction of sp³-hybridized carbons (Fsp3) is 0.182.